The van der Waals surface area contributed by atoms with Gasteiger partial charge in [-0.15, -0.1) is 11.6 Å². The predicted molar refractivity (Wildman–Crippen MR) is 67.7 cm³/mol. The van der Waals surface area contributed by atoms with Gasteiger partial charge in [-0.25, -0.2) is 4.39 Å². The van der Waals surface area contributed by atoms with Crippen LogP contribution in [0.25, 0.3) is 0 Å². The highest BCUT2D eigenvalue weighted by atomic mass is 35.5. The third-order valence-electron chi connectivity index (χ3n) is 3.05. The fourth-order valence-electron chi connectivity index (χ4n) is 1.78. The monoisotopic (exact) mass is 304 g/mol. The second kappa shape index (κ2) is 5.70. The Kier molecular flexibility index (Phi) is 4.17. The number of nitrogens with zero attached hydrogens (tertiary/aromatic N) is 1. The number of amides is 1. The van der Waals surface area contributed by atoms with E-state index < -0.39 is 33.7 Å². The Labute approximate surface area is 118 Å². The number of nitro benzene ring substituents is 1. The fraction of sp³-hybridized carbons (Fsp3) is 0.417. The molecule has 1 atom stereocenters. The molecule has 0 heterocycles. The molecule has 2 rings (SSSR count). The second-order valence-corrected chi connectivity index (χ2v) is 5.17. The van der Waals surface area contributed by atoms with Crippen LogP contribution in [0.1, 0.15) is 23.2 Å². The predicted octanol–water partition coefficient (Wildman–Crippen LogP) is 2.62. The number of rotatable bonds is 5. The number of benzene rings is 1. The van der Waals surface area contributed by atoms with Crippen LogP contribution in [0, 0.1) is 27.7 Å². The van der Waals surface area contributed by atoms with Crippen LogP contribution in [-0.2, 0) is 0 Å². The van der Waals surface area contributed by atoms with Gasteiger partial charge in [0.05, 0.1) is 21.9 Å². The van der Waals surface area contributed by atoms with Gasteiger partial charge in [0.2, 0.25) is 5.82 Å². The summed E-state index contributed by atoms with van der Waals surface area (Å²) in [4.78, 5) is 21.2. The zero-order valence-corrected chi connectivity index (χ0v) is 11.0. The molecule has 0 saturated heterocycles. The van der Waals surface area contributed by atoms with Crippen molar-refractivity contribution in [3.8, 4) is 0 Å². The Morgan fingerprint density at radius 1 is 1.50 bits per heavy atom. The summed E-state index contributed by atoms with van der Waals surface area (Å²) in [5, 5.41) is 12.6. The number of hydrogen-bond donors (Lipinski definition) is 1. The van der Waals surface area contributed by atoms with Gasteiger partial charge in [0, 0.05) is 6.54 Å². The number of halogens is 3. The highest BCUT2D eigenvalue weighted by Gasteiger charge is 2.30. The van der Waals surface area contributed by atoms with Crippen LogP contribution in [-0.4, -0.2) is 22.8 Å². The van der Waals surface area contributed by atoms with Gasteiger partial charge in [-0.1, -0.05) is 0 Å². The summed E-state index contributed by atoms with van der Waals surface area (Å²) in [5.74, 6) is -3.00. The van der Waals surface area contributed by atoms with Crippen molar-refractivity contribution < 1.29 is 18.5 Å². The number of carbonyl (C=O) groups excluding carboxylic acids is 1. The van der Waals surface area contributed by atoms with E-state index in [-0.39, 0.29) is 11.9 Å². The van der Waals surface area contributed by atoms with E-state index in [9.17, 15) is 23.7 Å². The van der Waals surface area contributed by atoms with Crippen molar-refractivity contribution in [2.24, 2.45) is 5.92 Å². The van der Waals surface area contributed by atoms with E-state index in [2.05, 4.69) is 5.32 Å². The Morgan fingerprint density at radius 2 is 2.15 bits per heavy atom. The minimum Gasteiger partial charge on any atom is -0.350 e. The van der Waals surface area contributed by atoms with Crippen LogP contribution in [0.2, 0.25) is 0 Å². The van der Waals surface area contributed by atoms with Gasteiger partial charge in [-0.2, -0.15) is 4.39 Å². The maximum absolute atomic E-state index is 13.7. The van der Waals surface area contributed by atoms with E-state index in [1.54, 1.807) is 0 Å². The minimum atomic E-state index is -1.36. The normalized spacial score (nSPS) is 15.8. The fourth-order valence-corrected chi connectivity index (χ4v) is 2.11. The van der Waals surface area contributed by atoms with Crippen molar-refractivity contribution in [1.29, 1.82) is 0 Å². The molecule has 1 aromatic carbocycles. The molecule has 8 heteroatoms. The maximum atomic E-state index is 13.7. The highest BCUT2D eigenvalue weighted by molar-refractivity contribution is 6.21. The van der Waals surface area contributed by atoms with Crippen LogP contribution in [0.15, 0.2) is 12.1 Å². The first-order valence-corrected chi connectivity index (χ1v) is 6.39. The van der Waals surface area contributed by atoms with Gasteiger partial charge in [0.15, 0.2) is 0 Å². The largest absolute Gasteiger partial charge is 0.350 e. The lowest BCUT2D eigenvalue weighted by Gasteiger charge is -2.10. The first kappa shape index (κ1) is 14.6. The second-order valence-electron chi connectivity index (χ2n) is 4.61. The standard InChI is InChI=1S/C12H11ClF2N2O3/c13-9(6-1-2-6)5-16-12(18)8-3-7(14)4-10(11(8)15)17(19)20/h3-4,6,9H,1-2,5H2,(H,16,18). The average molecular weight is 305 g/mol. The third-order valence-corrected chi connectivity index (χ3v) is 3.56. The van der Waals surface area contributed by atoms with Crippen molar-refractivity contribution in [1.82, 2.24) is 5.32 Å². The van der Waals surface area contributed by atoms with Gasteiger partial charge in [0.1, 0.15) is 5.82 Å². The van der Waals surface area contributed by atoms with Gasteiger partial charge in [-0.05, 0) is 24.8 Å². The summed E-state index contributed by atoms with van der Waals surface area (Å²) in [7, 11) is 0. The van der Waals surface area contributed by atoms with Crippen LogP contribution in [0.5, 0.6) is 0 Å². The number of nitro groups is 1. The molecule has 5 nitrogen and oxygen atoms in total. The van der Waals surface area contributed by atoms with Crippen LogP contribution in [0.4, 0.5) is 14.5 Å². The number of hydrogen-bond acceptors (Lipinski definition) is 3. The molecule has 0 bridgehead atoms. The first-order chi connectivity index (χ1) is 9.40. The zero-order valence-electron chi connectivity index (χ0n) is 10.2. The van der Waals surface area contributed by atoms with Gasteiger partial charge in [-0.3, -0.25) is 14.9 Å². The first-order valence-electron chi connectivity index (χ1n) is 5.96. The van der Waals surface area contributed by atoms with Crippen molar-refractivity contribution in [2.75, 3.05) is 6.54 Å². The molecule has 1 amide bonds. The highest BCUT2D eigenvalue weighted by Crippen LogP contribution is 2.35. The summed E-state index contributed by atoms with van der Waals surface area (Å²) in [5.41, 5.74) is -1.77. The lowest BCUT2D eigenvalue weighted by molar-refractivity contribution is -0.387. The number of alkyl halides is 1. The molecule has 1 fully saturated rings. The van der Waals surface area contributed by atoms with Crippen molar-refractivity contribution in [3.63, 3.8) is 0 Å². The topological polar surface area (TPSA) is 72.2 Å². The molecule has 1 aromatic rings. The summed E-state index contributed by atoms with van der Waals surface area (Å²) < 4.78 is 26.9. The Balaban J connectivity index is 2.14. The Bertz CT molecular complexity index is 564. The van der Waals surface area contributed by atoms with Crippen molar-refractivity contribution in [2.45, 2.75) is 18.2 Å². The minimum absolute atomic E-state index is 0.106. The van der Waals surface area contributed by atoms with E-state index in [0.717, 1.165) is 12.8 Å². The maximum Gasteiger partial charge on any atom is 0.308 e. The molecule has 0 spiro atoms. The van der Waals surface area contributed by atoms with Crippen molar-refractivity contribution in [3.05, 3.63) is 39.4 Å². The van der Waals surface area contributed by atoms with E-state index in [0.29, 0.717) is 18.1 Å². The van der Waals surface area contributed by atoms with Gasteiger partial charge >= 0.3 is 5.69 Å². The van der Waals surface area contributed by atoms with Crippen LogP contribution >= 0.6 is 11.6 Å². The SMILES string of the molecule is O=C(NCC(Cl)C1CC1)c1cc(F)cc([N+](=O)[O-])c1F. The van der Waals surface area contributed by atoms with Crippen molar-refractivity contribution >= 4 is 23.2 Å². The lowest BCUT2D eigenvalue weighted by Crippen LogP contribution is -2.31. The quantitative estimate of drug-likeness (QED) is 0.516. The molecule has 1 aliphatic rings. The molecule has 0 radical (unpaired) electrons. The molecule has 1 saturated carbocycles. The number of carbonyl (C=O) groups is 1. The molecule has 1 aliphatic carbocycles. The van der Waals surface area contributed by atoms with Crippen LogP contribution in [0.3, 0.4) is 0 Å². The number of nitrogens with one attached hydrogen (secondary N) is 1. The van der Waals surface area contributed by atoms with E-state index in [4.69, 9.17) is 11.6 Å². The Hall–Kier alpha value is -1.76. The lowest BCUT2D eigenvalue weighted by atomic mass is 10.1. The summed E-state index contributed by atoms with van der Waals surface area (Å²) >= 11 is 5.97. The molecular formula is C12H11ClF2N2O3. The molecule has 1 N–H and O–H groups in total. The van der Waals surface area contributed by atoms with E-state index in [1.807, 2.05) is 0 Å². The van der Waals surface area contributed by atoms with E-state index in [1.165, 1.54) is 0 Å². The smallest absolute Gasteiger partial charge is 0.308 e. The van der Waals surface area contributed by atoms with Gasteiger partial charge in [0.25, 0.3) is 5.91 Å². The zero-order chi connectivity index (χ0) is 14.9. The van der Waals surface area contributed by atoms with Gasteiger partial charge < -0.3 is 5.32 Å². The van der Waals surface area contributed by atoms with Crippen LogP contribution < -0.4 is 5.32 Å². The molecule has 0 aromatic heterocycles. The molecule has 108 valence electrons. The molecule has 20 heavy (non-hydrogen) atoms. The summed E-state index contributed by atoms with van der Waals surface area (Å²) in [6, 6.07) is 1.05. The third kappa shape index (κ3) is 3.22. The van der Waals surface area contributed by atoms with E-state index >= 15 is 0 Å². The molecule has 0 aliphatic heterocycles. The Morgan fingerprint density at radius 3 is 2.70 bits per heavy atom. The summed E-state index contributed by atoms with van der Waals surface area (Å²) in [6.45, 7) is 0.106. The molecule has 1 unspecified atom stereocenters. The summed E-state index contributed by atoms with van der Waals surface area (Å²) in [6.07, 6.45) is 1.95. The molecular weight excluding hydrogens is 294 g/mol. The average Bonchev–Trinajstić information content (AvgIpc) is 3.21.